The topological polar surface area (TPSA) is 49.6 Å². The van der Waals surface area contributed by atoms with Crippen LogP contribution in [-0.4, -0.2) is 40.1 Å². The SMILES string of the molecule is Cc1onc(C(C)C)c1C(=O)N1CCCC12CN(c1cccc(F)c1)C(C)(C)C2. The molecule has 2 saturated heterocycles. The minimum atomic E-state index is -0.259. The molecule has 1 aromatic heterocycles. The lowest BCUT2D eigenvalue weighted by Crippen LogP contribution is -2.49. The van der Waals surface area contributed by atoms with Gasteiger partial charge in [0.25, 0.3) is 5.91 Å². The molecular formula is C23H30FN3O2. The smallest absolute Gasteiger partial charge is 0.259 e. The van der Waals surface area contributed by atoms with Crippen molar-refractivity contribution < 1.29 is 13.7 Å². The molecule has 0 aliphatic carbocycles. The Morgan fingerprint density at radius 1 is 1.31 bits per heavy atom. The first-order valence-electron chi connectivity index (χ1n) is 10.5. The van der Waals surface area contributed by atoms with Crippen LogP contribution < -0.4 is 4.90 Å². The van der Waals surface area contributed by atoms with E-state index in [0.29, 0.717) is 17.9 Å². The quantitative estimate of drug-likeness (QED) is 0.736. The normalized spacial score (nSPS) is 23.6. The number of benzene rings is 1. The average molecular weight is 400 g/mol. The zero-order valence-corrected chi connectivity index (χ0v) is 18.0. The van der Waals surface area contributed by atoms with Gasteiger partial charge in [-0.15, -0.1) is 0 Å². The Hall–Kier alpha value is -2.37. The van der Waals surface area contributed by atoms with Crippen LogP contribution in [0.2, 0.25) is 0 Å². The molecular weight excluding hydrogens is 369 g/mol. The highest BCUT2D eigenvalue weighted by Gasteiger charge is 2.55. The van der Waals surface area contributed by atoms with Crippen molar-refractivity contribution in [1.29, 1.82) is 0 Å². The molecule has 1 unspecified atom stereocenters. The lowest BCUT2D eigenvalue weighted by Gasteiger charge is -2.35. The maximum Gasteiger partial charge on any atom is 0.259 e. The van der Waals surface area contributed by atoms with E-state index in [2.05, 4.69) is 23.9 Å². The molecule has 4 rings (SSSR count). The highest BCUT2D eigenvalue weighted by molar-refractivity contribution is 5.97. The Bertz CT molecular complexity index is 936. The molecule has 1 spiro atoms. The first-order valence-corrected chi connectivity index (χ1v) is 10.5. The highest BCUT2D eigenvalue weighted by atomic mass is 19.1. The van der Waals surface area contributed by atoms with Crippen LogP contribution in [0.15, 0.2) is 28.8 Å². The molecule has 1 amide bonds. The van der Waals surface area contributed by atoms with Crippen LogP contribution in [0.1, 0.15) is 74.7 Å². The number of halogens is 1. The van der Waals surface area contributed by atoms with E-state index < -0.39 is 0 Å². The fourth-order valence-electron chi connectivity index (χ4n) is 5.33. The predicted molar refractivity (Wildman–Crippen MR) is 111 cm³/mol. The Balaban J connectivity index is 1.70. The van der Waals surface area contributed by atoms with Crippen LogP contribution in [0.3, 0.4) is 0 Å². The van der Waals surface area contributed by atoms with Gasteiger partial charge in [-0.2, -0.15) is 0 Å². The molecule has 5 nitrogen and oxygen atoms in total. The minimum Gasteiger partial charge on any atom is -0.364 e. The average Bonchev–Trinajstić information content (AvgIpc) is 3.30. The van der Waals surface area contributed by atoms with Gasteiger partial charge in [-0.3, -0.25) is 4.79 Å². The van der Waals surface area contributed by atoms with E-state index in [1.54, 1.807) is 12.1 Å². The number of nitrogens with zero attached hydrogens (tertiary/aromatic N) is 3. The fraction of sp³-hybridized carbons (Fsp3) is 0.565. The minimum absolute atomic E-state index is 0.0156. The van der Waals surface area contributed by atoms with Gasteiger partial charge in [-0.05, 0) is 64.2 Å². The summed E-state index contributed by atoms with van der Waals surface area (Å²) in [6, 6.07) is 6.75. The van der Waals surface area contributed by atoms with Crippen molar-refractivity contribution in [3.63, 3.8) is 0 Å². The van der Waals surface area contributed by atoms with Crippen LogP contribution >= 0.6 is 0 Å². The summed E-state index contributed by atoms with van der Waals surface area (Å²) in [5.74, 6) is 0.482. The summed E-state index contributed by atoms with van der Waals surface area (Å²) in [4.78, 5) is 18.0. The van der Waals surface area contributed by atoms with Crippen LogP contribution in [0.25, 0.3) is 0 Å². The van der Waals surface area contributed by atoms with Gasteiger partial charge in [-0.1, -0.05) is 25.1 Å². The molecule has 0 saturated carbocycles. The molecule has 0 N–H and O–H groups in total. The Labute approximate surface area is 171 Å². The number of carbonyl (C=O) groups is 1. The first-order chi connectivity index (χ1) is 13.6. The third kappa shape index (κ3) is 3.22. The Morgan fingerprint density at radius 3 is 2.76 bits per heavy atom. The molecule has 1 atom stereocenters. The zero-order chi connectivity index (χ0) is 21.0. The van der Waals surface area contributed by atoms with Crippen molar-refractivity contribution >= 4 is 11.6 Å². The van der Waals surface area contributed by atoms with Gasteiger partial charge >= 0.3 is 0 Å². The van der Waals surface area contributed by atoms with Crippen molar-refractivity contribution in [2.24, 2.45) is 0 Å². The number of anilines is 1. The number of aromatic nitrogens is 1. The Morgan fingerprint density at radius 2 is 2.07 bits per heavy atom. The molecule has 0 bridgehead atoms. The monoisotopic (exact) mass is 399 g/mol. The summed E-state index contributed by atoms with van der Waals surface area (Å²) in [6.45, 7) is 11.7. The molecule has 156 valence electrons. The predicted octanol–water partition coefficient (Wildman–Crippen LogP) is 4.91. The molecule has 2 fully saturated rings. The standard InChI is InChI=1S/C23H30FN3O2/c1-15(2)20-19(16(3)29-25-20)21(28)26-11-7-10-23(26)13-22(4,5)27(14-23)18-9-6-8-17(24)12-18/h6,8-9,12,15H,7,10-11,13-14H2,1-5H3. The molecule has 2 aromatic rings. The zero-order valence-electron chi connectivity index (χ0n) is 18.0. The molecule has 3 heterocycles. The number of hydrogen-bond donors (Lipinski definition) is 0. The number of aryl methyl sites for hydroxylation is 1. The summed E-state index contributed by atoms with van der Waals surface area (Å²) in [7, 11) is 0. The molecule has 2 aliphatic heterocycles. The van der Waals surface area contributed by atoms with E-state index >= 15 is 0 Å². The highest BCUT2D eigenvalue weighted by Crippen LogP contribution is 2.47. The lowest BCUT2D eigenvalue weighted by molar-refractivity contribution is 0.0614. The van der Waals surface area contributed by atoms with E-state index in [4.69, 9.17) is 4.52 Å². The second kappa shape index (κ2) is 6.85. The van der Waals surface area contributed by atoms with Gasteiger partial charge in [0.15, 0.2) is 0 Å². The summed E-state index contributed by atoms with van der Waals surface area (Å²) in [6.07, 6.45) is 2.78. The van der Waals surface area contributed by atoms with Crippen LogP contribution in [-0.2, 0) is 0 Å². The first kappa shape index (κ1) is 19.9. The molecule has 1 aromatic carbocycles. The Kier molecular flexibility index (Phi) is 4.71. The maximum atomic E-state index is 13.9. The van der Waals surface area contributed by atoms with Crippen LogP contribution in [0, 0.1) is 12.7 Å². The third-order valence-corrected chi connectivity index (χ3v) is 6.56. The van der Waals surface area contributed by atoms with Gasteiger partial charge < -0.3 is 14.3 Å². The van der Waals surface area contributed by atoms with E-state index in [0.717, 1.165) is 37.2 Å². The van der Waals surface area contributed by atoms with E-state index in [1.807, 2.05) is 31.7 Å². The van der Waals surface area contributed by atoms with E-state index in [1.165, 1.54) is 6.07 Å². The number of likely N-dealkylation sites (tertiary alicyclic amines) is 1. The van der Waals surface area contributed by atoms with Crippen molar-refractivity contribution in [3.8, 4) is 0 Å². The van der Waals surface area contributed by atoms with Crippen molar-refractivity contribution in [3.05, 3.63) is 47.1 Å². The number of amides is 1. The van der Waals surface area contributed by atoms with Crippen molar-refractivity contribution in [1.82, 2.24) is 10.1 Å². The van der Waals surface area contributed by atoms with Crippen LogP contribution in [0.4, 0.5) is 10.1 Å². The number of rotatable bonds is 3. The third-order valence-electron chi connectivity index (χ3n) is 6.56. The summed E-state index contributed by atoms with van der Waals surface area (Å²) in [5, 5.41) is 4.15. The van der Waals surface area contributed by atoms with Crippen molar-refractivity contribution in [2.75, 3.05) is 18.0 Å². The number of carbonyl (C=O) groups excluding carboxylic acids is 1. The lowest BCUT2D eigenvalue weighted by atomic mass is 9.87. The van der Waals surface area contributed by atoms with E-state index in [-0.39, 0.29) is 28.7 Å². The maximum absolute atomic E-state index is 13.9. The molecule has 2 aliphatic rings. The van der Waals surface area contributed by atoms with Gasteiger partial charge in [0.05, 0.1) is 11.2 Å². The second-order valence-electron chi connectivity index (χ2n) is 9.49. The van der Waals surface area contributed by atoms with Gasteiger partial charge in [-0.25, -0.2) is 4.39 Å². The van der Waals surface area contributed by atoms with Gasteiger partial charge in [0.1, 0.15) is 17.1 Å². The molecule has 6 heteroatoms. The second-order valence-corrected chi connectivity index (χ2v) is 9.49. The molecule has 0 radical (unpaired) electrons. The summed E-state index contributed by atoms with van der Waals surface area (Å²) in [5.41, 5.74) is 1.78. The largest absolute Gasteiger partial charge is 0.364 e. The summed E-state index contributed by atoms with van der Waals surface area (Å²) < 4.78 is 19.3. The van der Waals surface area contributed by atoms with Gasteiger partial charge in [0.2, 0.25) is 0 Å². The molecule has 29 heavy (non-hydrogen) atoms. The van der Waals surface area contributed by atoms with Crippen LogP contribution in [0.5, 0.6) is 0 Å². The van der Waals surface area contributed by atoms with E-state index in [9.17, 15) is 9.18 Å². The fourth-order valence-corrected chi connectivity index (χ4v) is 5.33. The van der Waals surface area contributed by atoms with Gasteiger partial charge in [0, 0.05) is 24.3 Å². The summed E-state index contributed by atoms with van der Waals surface area (Å²) >= 11 is 0. The number of hydrogen-bond acceptors (Lipinski definition) is 4. The van der Waals surface area contributed by atoms with Crippen molar-refractivity contribution in [2.45, 2.75) is 70.9 Å².